The van der Waals surface area contributed by atoms with Crippen LogP contribution in [0.4, 0.5) is 0 Å². The Kier molecular flexibility index (Phi) is 8.15. The van der Waals surface area contributed by atoms with Crippen molar-refractivity contribution in [3.8, 4) is 11.5 Å². The third-order valence-corrected chi connectivity index (χ3v) is 5.53. The summed E-state index contributed by atoms with van der Waals surface area (Å²) in [6.07, 6.45) is 0.0590. The number of hydrogen-bond acceptors (Lipinski definition) is 6. The van der Waals surface area contributed by atoms with E-state index in [1.165, 1.54) is 11.3 Å². The first-order valence-electron chi connectivity index (χ1n) is 6.77. The number of rotatable bonds is 7. The number of thiophene rings is 1. The molecule has 2 atom stereocenters. The summed E-state index contributed by atoms with van der Waals surface area (Å²) in [4.78, 5) is 0. The van der Waals surface area contributed by atoms with E-state index >= 15 is 0 Å². The zero-order valence-electron chi connectivity index (χ0n) is 12.0. The first kappa shape index (κ1) is 20.2. The molecule has 0 radical (unpaired) electrons. The van der Waals surface area contributed by atoms with E-state index in [1.807, 2.05) is 10.8 Å². The molecule has 0 amide bonds. The zero-order chi connectivity index (χ0) is 15.5. The van der Waals surface area contributed by atoms with E-state index in [1.54, 1.807) is 13.8 Å². The van der Waals surface area contributed by atoms with Crippen molar-refractivity contribution in [1.29, 1.82) is 0 Å². The SMILES string of the molecule is CC(C)C(CCOCC1COc2cscc2O1)S(=O)(=O)O.[NaH]. The van der Waals surface area contributed by atoms with Crippen molar-refractivity contribution in [3.05, 3.63) is 10.8 Å². The third-order valence-electron chi connectivity index (χ3n) is 3.29. The van der Waals surface area contributed by atoms with Crippen LogP contribution in [0.3, 0.4) is 0 Å². The average Bonchev–Trinajstić information content (AvgIpc) is 2.83. The normalized spacial score (nSPS) is 18.8. The molecule has 1 aliphatic rings. The second-order valence-electron chi connectivity index (χ2n) is 5.31. The van der Waals surface area contributed by atoms with Crippen molar-refractivity contribution >= 4 is 51.0 Å². The first-order valence-corrected chi connectivity index (χ1v) is 9.22. The van der Waals surface area contributed by atoms with Gasteiger partial charge in [0.25, 0.3) is 10.1 Å². The summed E-state index contributed by atoms with van der Waals surface area (Å²) < 4.78 is 48.3. The van der Waals surface area contributed by atoms with Gasteiger partial charge in [0.1, 0.15) is 6.61 Å². The summed E-state index contributed by atoms with van der Waals surface area (Å²) in [5.41, 5.74) is 0. The molecular formula is C13H21NaO6S2. The maximum atomic E-state index is 11.2. The Bertz CT molecular complexity index is 557. The molecule has 6 nitrogen and oxygen atoms in total. The van der Waals surface area contributed by atoms with Crippen LogP contribution in [0.1, 0.15) is 20.3 Å². The summed E-state index contributed by atoms with van der Waals surface area (Å²) in [5, 5.41) is 2.95. The molecule has 2 unspecified atom stereocenters. The number of fused-ring (bicyclic) bond motifs is 1. The van der Waals surface area contributed by atoms with Gasteiger partial charge in [0, 0.05) is 17.4 Å². The van der Waals surface area contributed by atoms with Gasteiger partial charge in [-0.2, -0.15) is 8.42 Å². The van der Waals surface area contributed by atoms with E-state index in [0.29, 0.717) is 13.2 Å². The monoisotopic (exact) mass is 360 g/mol. The van der Waals surface area contributed by atoms with Crippen LogP contribution in [-0.4, -0.2) is 73.7 Å². The Morgan fingerprint density at radius 3 is 2.73 bits per heavy atom. The van der Waals surface area contributed by atoms with Gasteiger partial charge in [0.2, 0.25) is 0 Å². The van der Waals surface area contributed by atoms with Gasteiger partial charge in [0.05, 0.1) is 11.9 Å². The predicted octanol–water partition coefficient (Wildman–Crippen LogP) is 1.56. The molecule has 2 heterocycles. The van der Waals surface area contributed by atoms with Gasteiger partial charge >= 0.3 is 29.6 Å². The van der Waals surface area contributed by atoms with Crippen LogP contribution in [0.5, 0.6) is 11.5 Å². The van der Waals surface area contributed by atoms with Crippen LogP contribution in [-0.2, 0) is 14.9 Å². The minimum absolute atomic E-state index is 0. The fraction of sp³-hybridized carbons (Fsp3) is 0.692. The van der Waals surface area contributed by atoms with Crippen LogP contribution in [0.25, 0.3) is 0 Å². The van der Waals surface area contributed by atoms with Gasteiger partial charge in [0.15, 0.2) is 17.6 Å². The standard InChI is InChI=1S/C13H20O6S2.Na.H/c1-9(2)13(21(14,15)16)3-4-17-5-10-6-18-11-7-20-8-12(11)19-10;;/h7-10,13H,3-6H2,1-2H3,(H,14,15,16);;. The minimum atomic E-state index is -4.04. The quantitative estimate of drug-likeness (QED) is 0.451. The topological polar surface area (TPSA) is 82.1 Å². The summed E-state index contributed by atoms with van der Waals surface area (Å²) >= 11 is 1.51. The number of ether oxygens (including phenoxy) is 3. The zero-order valence-corrected chi connectivity index (χ0v) is 13.7. The molecule has 0 bridgehead atoms. The van der Waals surface area contributed by atoms with Gasteiger partial charge < -0.3 is 14.2 Å². The Balaban J connectivity index is 0.00000242. The molecule has 1 aromatic rings. The molecule has 0 aromatic carbocycles. The van der Waals surface area contributed by atoms with E-state index in [4.69, 9.17) is 18.8 Å². The van der Waals surface area contributed by atoms with Crippen molar-refractivity contribution < 1.29 is 27.2 Å². The fourth-order valence-electron chi connectivity index (χ4n) is 2.18. The molecule has 1 N–H and O–H groups in total. The van der Waals surface area contributed by atoms with E-state index < -0.39 is 15.4 Å². The molecule has 1 aliphatic heterocycles. The van der Waals surface area contributed by atoms with E-state index in [9.17, 15) is 8.42 Å². The molecule has 0 fully saturated rings. The van der Waals surface area contributed by atoms with Gasteiger partial charge in [-0.1, -0.05) is 13.8 Å². The molecule has 0 saturated carbocycles. The molecule has 1 aromatic heterocycles. The summed E-state index contributed by atoms with van der Waals surface area (Å²) in [7, 11) is -4.04. The Morgan fingerprint density at radius 1 is 1.41 bits per heavy atom. The van der Waals surface area contributed by atoms with Crippen molar-refractivity contribution in [3.63, 3.8) is 0 Å². The van der Waals surface area contributed by atoms with Crippen molar-refractivity contribution in [2.45, 2.75) is 31.6 Å². The summed E-state index contributed by atoms with van der Waals surface area (Å²) in [6.45, 7) is 4.50. The van der Waals surface area contributed by atoms with Crippen LogP contribution in [0.15, 0.2) is 10.8 Å². The Hall–Kier alpha value is 0.170. The van der Waals surface area contributed by atoms with Crippen LogP contribution in [0.2, 0.25) is 0 Å². The molecule has 2 rings (SSSR count). The molecular weight excluding hydrogens is 339 g/mol. The molecule has 0 aliphatic carbocycles. The maximum absolute atomic E-state index is 11.2. The van der Waals surface area contributed by atoms with Crippen LogP contribution >= 0.6 is 11.3 Å². The number of hydrogen-bond donors (Lipinski definition) is 1. The predicted molar refractivity (Wildman–Crippen MR) is 87.0 cm³/mol. The molecule has 122 valence electrons. The molecule has 9 heteroatoms. The second kappa shape index (κ2) is 8.86. The van der Waals surface area contributed by atoms with Gasteiger partial charge in [-0.3, -0.25) is 4.55 Å². The van der Waals surface area contributed by atoms with Crippen molar-refractivity contribution in [2.24, 2.45) is 5.92 Å². The second-order valence-corrected chi connectivity index (χ2v) is 7.69. The molecule has 22 heavy (non-hydrogen) atoms. The Morgan fingerprint density at radius 2 is 2.09 bits per heavy atom. The molecule has 0 saturated heterocycles. The van der Waals surface area contributed by atoms with Gasteiger partial charge in [-0.15, -0.1) is 11.3 Å². The summed E-state index contributed by atoms with van der Waals surface area (Å²) in [5.74, 6) is 1.31. The first-order chi connectivity index (χ1) is 9.88. The van der Waals surface area contributed by atoms with Crippen molar-refractivity contribution in [1.82, 2.24) is 0 Å². The van der Waals surface area contributed by atoms with Crippen molar-refractivity contribution in [2.75, 3.05) is 19.8 Å². The van der Waals surface area contributed by atoms with Crippen LogP contribution < -0.4 is 9.47 Å². The average molecular weight is 360 g/mol. The third kappa shape index (κ3) is 5.67. The van der Waals surface area contributed by atoms with Gasteiger partial charge in [-0.05, 0) is 12.3 Å². The Labute approximate surface area is 157 Å². The van der Waals surface area contributed by atoms with E-state index in [2.05, 4.69) is 0 Å². The fourth-order valence-corrected chi connectivity index (χ4v) is 3.94. The van der Waals surface area contributed by atoms with E-state index in [0.717, 1.165) is 11.5 Å². The molecule has 0 spiro atoms. The van der Waals surface area contributed by atoms with Gasteiger partial charge in [-0.25, -0.2) is 0 Å². The van der Waals surface area contributed by atoms with E-state index in [-0.39, 0.29) is 54.6 Å². The van der Waals surface area contributed by atoms with Crippen LogP contribution in [0, 0.1) is 5.92 Å². The summed E-state index contributed by atoms with van der Waals surface area (Å²) in [6, 6.07) is 0.